The Hall–Kier alpha value is -1.58. The monoisotopic (exact) mass is 194 g/mol. The maximum Gasteiger partial charge on any atom is 0.246 e. The first-order chi connectivity index (χ1) is 6.63. The molecule has 0 radical (unpaired) electrons. The van der Waals surface area contributed by atoms with Crippen molar-refractivity contribution in [3.63, 3.8) is 0 Å². The number of amides is 1. The van der Waals surface area contributed by atoms with E-state index in [1.807, 2.05) is 19.9 Å². The van der Waals surface area contributed by atoms with Crippen LogP contribution in [0.25, 0.3) is 0 Å². The van der Waals surface area contributed by atoms with Gasteiger partial charge in [0.15, 0.2) is 0 Å². The maximum atomic E-state index is 11.3. The number of rotatable bonds is 3. The number of carbonyl (C=O) groups excluding carboxylic acids is 1. The van der Waals surface area contributed by atoms with Gasteiger partial charge in [-0.3, -0.25) is 4.79 Å². The molecular formula is C10H14N2O2. The van der Waals surface area contributed by atoms with E-state index in [-0.39, 0.29) is 5.91 Å². The molecule has 0 atom stereocenters. The molecule has 0 unspecified atom stereocenters. The second kappa shape index (κ2) is 4.60. The van der Waals surface area contributed by atoms with E-state index < -0.39 is 0 Å². The molecule has 0 bridgehead atoms. The summed E-state index contributed by atoms with van der Waals surface area (Å²) < 4.78 is 4.90. The summed E-state index contributed by atoms with van der Waals surface area (Å²) in [6, 6.07) is 1.82. The molecule has 0 aliphatic carbocycles. The van der Waals surface area contributed by atoms with Crippen LogP contribution in [0.2, 0.25) is 0 Å². The Morgan fingerprint density at radius 3 is 2.93 bits per heavy atom. The first kappa shape index (κ1) is 10.5. The third kappa shape index (κ3) is 2.73. The summed E-state index contributed by atoms with van der Waals surface area (Å²) in [5.74, 6) is 0.722. The van der Waals surface area contributed by atoms with Crippen LogP contribution < -0.4 is 0 Å². The molecule has 1 heterocycles. The maximum absolute atomic E-state index is 11.3. The Labute approximate surface area is 83.2 Å². The minimum absolute atomic E-state index is 0.0341. The van der Waals surface area contributed by atoms with Crippen LogP contribution >= 0.6 is 0 Å². The average Bonchev–Trinajstić information content (AvgIpc) is 2.51. The first-order valence-electron chi connectivity index (χ1n) is 4.43. The predicted molar refractivity (Wildman–Crippen MR) is 52.5 cm³/mol. The Balaban J connectivity index is 2.56. The zero-order valence-corrected chi connectivity index (χ0v) is 8.65. The molecule has 0 fully saturated rings. The van der Waals surface area contributed by atoms with Gasteiger partial charge in [0.05, 0.1) is 6.54 Å². The second-order valence-corrected chi connectivity index (χ2v) is 3.12. The van der Waals surface area contributed by atoms with Crippen molar-refractivity contribution >= 4 is 5.91 Å². The van der Waals surface area contributed by atoms with Gasteiger partial charge in [-0.25, -0.2) is 0 Å². The van der Waals surface area contributed by atoms with E-state index in [2.05, 4.69) is 5.16 Å². The molecule has 76 valence electrons. The molecule has 0 saturated carbocycles. The van der Waals surface area contributed by atoms with Crippen LogP contribution in [0, 0.1) is 6.92 Å². The molecule has 0 aromatic carbocycles. The van der Waals surface area contributed by atoms with E-state index in [1.54, 1.807) is 18.0 Å². The summed E-state index contributed by atoms with van der Waals surface area (Å²) in [7, 11) is 1.73. The minimum Gasteiger partial charge on any atom is -0.361 e. The van der Waals surface area contributed by atoms with Crippen molar-refractivity contribution in [1.82, 2.24) is 10.1 Å². The third-order valence-corrected chi connectivity index (χ3v) is 1.76. The largest absolute Gasteiger partial charge is 0.361 e. The van der Waals surface area contributed by atoms with Crippen LogP contribution in [0.1, 0.15) is 18.4 Å². The summed E-state index contributed by atoms with van der Waals surface area (Å²) in [5.41, 5.74) is 0.767. The molecule has 1 aromatic heterocycles. The number of aromatic nitrogens is 1. The first-order valence-corrected chi connectivity index (χ1v) is 4.43. The fourth-order valence-electron chi connectivity index (χ4n) is 1.08. The molecule has 0 N–H and O–H groups in total. The molecule has 14 heavy (non-hydrogen) atoms. The van der Waals surface area contributed by atoms with Crippen molar-refractivity contribution < 1.29 is 9.32 Å². The van der Waals surface area contributed by atoms with Gasteiger partial charge in [-0.15, -0.1) is 0 Å². The molecule has 4 nitrogen and oxygen atoms in total. The molecule has 0 saturated heterocycles. The van der Waals surface area contributed by atoms with Crippen molar-refractivity contribution in [2.24, 2.45) is 0 Å². The lowest BCUT2D eigenvalue weighted by molar-refractivity contribution is -0.125. The van der Waals surface area contributed by atoms with Gasteiger partial charge in [-0.05, 0) is 19.9 Å². The summed E-state index contributed by atoms with van der Waals surface area (Å²) >= 11 is 0. The summed E-state index contributed by atoms with van der Waals surface area (Å²) in [6.45, 7) is 4.11. The van der Waals surface area contributed by atoms with Crippen molar-refractivity contribution in [3.05, 3.63) is 29.7 Å². The molecule has 0 spiro atoms. The van der Waals surface area contributed by atoms with Gasteiger partial charge in [0, 0.05) is 13.1 Å². The fraction of sp³-hybridized carbons (Fsp3) is 0.400. The highest BCUT2D eigenvalue weighted by molar-refractivity contribution is 5.87. The van der Waals surface area contributed by atoms with E-state index in [0.29, 0.717) is 6.54 Å². The topological polar surface area (TPSA) is 46.3 Å². The third-order valence-electron chi connectivity index (χ3n) is 1.76. The van der Waals surface area contributed by atoms with E-state index >= 15 is 0 Å². The molecule has 1 rings (SSSR count). The predicted octanol–water partition coefficient (Wildman–Crippen LogP) is 1.52. The van der Waals surface area contributed by atoms with Crippen LogP contribution in [0.3, 0.4) is 0 Å². The lowest BCUT2D eigenvalue weighted by atomic mass is 10.3. The van der Waals surface area contributed by atoms with Gasteiger partial charge in [-0.1, -0.05) is 11.2 Å². The van der Waals surface area contributed by atoms with Crippen molar-refractivity contribution in [3.8, 4) is 0 Å². The lowest BCUT2D eigenvalue weighted by Crippen LogP contribution is -2.24. The van der Waals surface area contributed by atoms with Crippen LogP contribution in [-0.4, -0.2) is 23.0 Å². The van der Waals surface area contributed by atoms with Gasteiger partial charge < -0.3 is 9.42 Å². The van der Waals surface area contributed by atoms with Gasteiger partial charge in [0.25, 0.3) is 0 Å². The Morgan fingerprint density at radius 1 is 1.71 bits per heavy atom. The molecule has 1 aromatic rings. The smallest absolute Gasteiger partial charge is 0.246 e. The highest BCUT2D eigenvalue weighted by Crippen LogP contribution is 2.04. The van der Waals surface area contributed by atoms with Crippen LogP contribution in [0.15, 0.2) is 22.7 Å². The van der Waals surface area contributed by atoms with Crippen molar-refractivity contribution in [1.29, 1.82) is 0 Å². The zero-order valence-electron chi connectivity index (χ0n) is 8.65. The van der Waals surface area contributed by atoms with Crippen LogP contribution in [0.4, 0.5) is 0 Å². The number of hydrogen-bond donors (Lipinski definition) is 0. The number of allylic oxidation sites excluding steroid dienone is 1. The molecule has 0 aliphatic rings. The Bertz CT molecular complexity index is 342. The highest BCUT2D eigenvalue weighted by atomic mass is 16.5. The SMILES string of the molecule is CC=CC(=O)N(C)Cc1cc(C)on1. The van der Waals surface area contributed by atoms with Gasteiger partial charge >= 0.3 is 0 Å². The number of likely N-dealkylation sites (N-methyl/N-ethyl adjacent to an activating group) is 1. The molecule has 1 amide bonds. The van der Waals surface area contributed by atoms with Gasteiger partial charge in [-0.2, -0.15) is 0 Å². The lowest BCUT2D eigenvalue weighted by Gasteiger charge is -2.12. The summed E-state index contributed by atoms with van der Waals surface area (Å²) in [5, 5.41) is 3.81. The normalized spacial score (nSPS) is 10.8. The van der Waals surface area contributed by atoms with E-state index in [0.717, 1.165) is 11.5 Å². The Morgan fingerprint density at radius 2 is 2.43 bits per heavy atom. The highest BCUT2D eigenvalue weighted by Gasteiger charge is 2.08. The Kier molecular flexibility index (Phi) is 3.45. The molecule has 4 heteroatoms. The fourth-order valence-corrected chi connectivity index (χ4v) is 1.08. The van der Waals surface area contributed by atoms with Gasteiger partial charge in [0.2, 0.25) is 5.91 Å². The summed E-state index contributed by atoms with van der Waals surface area (Å²) in [4.78, 5) is 12.9. The second-order valence-electron chi connectivity index (χ2n) is 3.12. The molecular weight excluding hydrogens is 180 g/mol. The van der Waals surface area contributed by atoms with E-state index in [9.17, 15) is 4.79 Å². The van der Waals surface area contributed by atoms with Crippen molar-refractivity contribution in [2.75, 3.05) is 7.05 Å². The van der Waals surface area contributed by atoms with Gasteiger partial charge in [0.1, 0.15) is 11.5 Å². The van der Waals surface area contributed by atoms with Crippen LogP contribution in [-0.2, 0) is 11.3 Å². The number of carbonyl (C=O) groups is 1. The van der Waals surface area contributed by atoms with E-state index in [4.69, 9.17) is 4.52 Å². The van der Waals surface area contributed by atoms with Crippen molar-refractivity contribution in [2.45, 2.75) is 20.4 Å². The molecule has 0 aliphatic heterocycles. The number of nitrogens with zero attached hydrogens (tertiary/aromatic N) is 2. The standard InChI is InChI=1S/C10H14N2O2/c1-4-5-10(13)12(3)7-9-6-8(2)14-11-9/h4-6H,7H2,1-3H3. The van der Waals surface area contributed by atoms with E-state index in [1.165, 1.54) is 6.08 Å². The number of aryl methyl sites for hydroxylation is 1. The minimum atomic E-state index is -0.0341. The average molecular weight is 194 g/mol. The quantitative estimate of drug-likeness (QED) is 0.685. The zero-order chi connectivity index (χ0) is 10.6. The van der Waals surface area contributed by atoms with Crippen LogP contribution in [0.5, 0.6) is 0 Å². The number of hydrogen-bond acceptors (Lipinski definition) is 3. The summed E-state index contributed by atoms with van der Waals surface area (Å²) in [6.07, 6.45) is 3.24.